The van der Waals surface area contributed by atoms with Crippen LogP contribution in [0.25, 0.3) is 26.4 Å². The van der Waals surface area contributed by atoms with Gasteiger partial charge in [-0.3, -0.25) is 9.20 Å². The average Bonchev–Trinajstić information content (AvgIpc) is 3.46. The Labute approximate surface area is 187 Å². The number of carbonyl (C=O) groups is 1. The number of hydrogen-bond donors (Lipinski definition) is 1. The first-order chi connectivity index (χ1) is 15.1. The van der Waals surface area contributed by atoms with E-state index in [1.54, 1.807) is 18.4 Å². The molecule has 0 aliphatic rings. The lowest BCUT2D eigenvalue weighted by atomic mass is 10.1. The number of nitrogens with zero attached hydrogens (tertiary/aromatic N) is 3. The van der Waals surface area contributed by atoms with Crippen molar-refractivity contribution in [2.45, 2.75) is 19.8 Å². The molecule has 0 saturated carbocycles. The highest BCUT2D eigenvalue weighted by atomic mass is 32.1. The van der Waals surface area contributed by atoms with E-state index in [-0.39, 0.29) is 5.91 Å². The fraction of sp³-hybridized carbons (Fsp3) is 0.174. The summed E-state index contributed by atoms with van der Waals surface area (Å²) in [7, 11) is 1.65. The fourth-order valence-electron chi connectivity index (χ4n) is 3.42. The molecule has 5 rings (SSSR count). The van der Waals surface area contributed by atoms with Gasteiger partial charge in [0.1, 0.15) is 5.75 Å². The number of aromatic nitrogens is 3. The van der Waals surface area contributed by atoms with E-state index < -0.39 is 0 Å². The van der Waals surface area contributed by atoms with Crippen molar-refractivity contribution in [3.8, 4) is 17.0 Å². The van der Waals surface area contributed by atoms with Crippen LogP contribution in [0, 0.1) is 6.92 Å². The minimum absolute atomic E-state index is 0.0365. The highest BCUT2D eigenvalue weighted by molar-refractivity contribution is 7.22. The Morgan fingerprint density at radius 3 is 2.81 bits per heavy atom. The highest BCUT2D eigenvalue weighted by Gasteiger charge is 2.13. The van der Waals surface area contributed by atoms with Gasteiger partial charge in [-0.05, 0) is 55.3 Å². The van der Waals surface area contributed by atoms with Crippen molar-refractivity contribution in [1.82, 2.24) is 14.4 Å². The third-order valence-electron chi connectivity index (χ3n) is 5.07. The molecule has 0 spiro atoms. The topological polar surface area (TPSA) is 68.5 Å². The van der Waals surface area contributed by atoms with Crippen LogP contribution < -0.4 is 10.1 Å². The molecule has 0 radical (unpaired) electrons. The number of thiazole rings is 2. The second kappa shape index (κ2) is 8.13. The van der Waals surface area contributed by atoms with E-state index in [1.807, 2.05) is 42.6 Å². The number of anilines is 1. The summed E-state index contributed by atoms with van der Waals surface area (Å²) in [4.78, 5) is 22.6. The molecule has 1 amide bonds. The van der Waals surface area contributed by atoms with E-state index in [0.717, 1.165) is 37.9 Å². The van der Waals surface area contributed by atoms with Crippen LogP contribution in [0.5, 0.6) is 5.75 Å². The Hall–Kier alpha value is -3.23. The highest BCUT2D eigenvalue weighted by Crippen LogP contribution is 2.28. The van der Waals surface area contributed by atoms with Gasteiger partial charge in [-0.1, -0.05) is 17.4 Å². The van der Waals surface area contributed by atoms with Gasteiger partial charge in [-0.2, -0.15) is 0 Å². The number of imidazole rings is 1. The molecule has 2 aromatic carbocycles. The maximum absolute atomic E-state index is 12.5. The zero-order valence-corrected chi connectivity index (χ0v) is 18.7. The van der Waals surface area contributed by atoms with Gasteiger partial charge in [0.15, 0.2) is 10.1 Å². The molecule has 8 heteroatoms. The summed E-state index contributed by atoms with van der Waals surface area (Å²) >= 11 is 3.09. The van der Waals surface area contributed by atoms with Gasteiger partial charge in [0.05, 0.1) is 23.0 Å². The molecular weight excluding hydrogens is 428 g/mol. The number of aryl methyl sites for hydroxylation is 2. The predicted octanol–water partition coefficient (Wildman–Crippen LogP) is 5.56. The quantitative estimate of drug-likeness (QED) is 0.369. The van der Waals surface area contributed by atoms with Crippen molar-refractivity contribution in [1.29, 1.82) is 0 Å². The number of rotatable bonds is 6. The first-order valence-electron chi connectivity index (χ1n) is 9.86. The number of methoxy groups -OCH3 is 1. The SMILES string of the molecule is COc1ccc(-c2cn3c(CCC(=O)Nc4nc5ccc(C)cc5s4)csc3n2)cc1. The zero-order chi connectivity index (χ0) is 21.4. The molecule has 0 atom stereocenters. The number of carbonyl (C=O) groups excluding carboxylic acids is 1. The maximum atomic E-state index is 12.5. The first-order valence-corrected chi connectivity index (χ1v) is 11.6. The van der Waals surface area contributed by atoms with Crippen molar-refractivity contribution >= 4 is 48.9 Å². The lowest BCUT2D eigenvalue weighted by Crippen LogP contribution is -2.12. The molecule has 31 heavy (non-hydrogen) atoms. The van der Waals surface area contributed by atoms with Crippen LogP contribution >= 0.6 is 22.7 Å². The average molecular weight is 449 g/mol. The molecule has 156 valence electrons. The van der Waals surface area contributed by atoms with Crippen LogP contribution in [0.1, 0.15) is 17.7 Å². The largest absolute Gasteiger partial charge is 0.497 e. The molecule has 0 saturated heterocycles. The molecule has 0 unspecified atom stereocenters. The monoisotopic (exact) mass is 448 g/mol. The Bertz CT molecular complexity index is 1380. The molecule has 6 nitrogen and oxygen atoms in total. The number of fused-ring (bicyclic) bond motifs is 2. The Morgan fingerprint density at radius 2 is 2.00 bits per heavy atom. The summed E-state index contributed by atoms with van der Waals surface area (Å²) in [6.07, 6.45) is 3.04. The van der Waals surface area contributed by atoms with Gasteiger partial charge in [-0.25, -0.2) is 9.97 Å². The zero-order valence-electron chi connectivity index (χ0n) is 17.1. The van der Waals surface area contributed by atoms with E-state index in [9.17, 15) is 4.79 Å². The van der Waals surface area contributed by atoms with Gasteiger partial charge in [0.2, 0.25) is 5.91 Å². The molecule has 0 bridgehead atoms. The number of hydrogen-bond acceptors (Lipinski definition) is 6. The molecular formula is C23H20N4O2S2. The van der Waals surface area contributed by atoms with E-state index >= 15 is 0 Å². The normalized spacial score (nSPS) is 11.3. The summed E-state index contributed by atoms with van der Waals surface area (Å²) in [5.74, 6) is 0.783. The Kier molecular flexibility index (Phi) is 5.17. The number of amides is 1. The van der Waals surface area contributed by atoms with Crippen LogP contribution in [0.4, 0.5) is 5.13 Å². The molecule has 3 aromatic heterocycles. The lowest BCUT2D eigenvalue weighted by molar-refractivity contribution is -0.116. The van der Waals surface area contributed by atoms with Crippen molar-refractivity contribution in [3.63, 3.8) is 0 Å². The molecule has 0 aliphatic carbocycles. The standard InChI is InChI=1S/C23H20N4O2S2/c1-14-3-9-18-20(11-14)31-22(24-18)26-21(28)10-6-16-13-30-23-25-19(12-27(16)23)15-4-7-17(29-2)8-5-15/h3-5,7-9,11-13H,6,10H2,1-2H3,(H,24,26,28). The van der Waals surface area contributed by atoms with E-state index in [1.165, 1.54) is 16.9 Å². The third-order valence-corrected chi connectivity index (χ3v) is 6.89. The first kappa shape index (κ1) is 19.7. The maximum Gasteiger partial charge on any atom is 0.226 e. The second-order valence-electron chi connectivity index (χ2n) is 7.27. The second-order valence-corrected chi connectivity index (χ2v) is 9.14. The van der Waals surface area contributed by atoms with Crippen LogP contribution in [-0.2, 0) is 11.2 Å². The van der Waals surface area contributed by atoms with Crippen molar-refractivity contribution in [2.24, 2.45) is 0 Å². The van der Waals surface area contributed by atoms with E-state index in [4.69, 9.17) is 9.72 Å². The minimum Gasteiger partial charge on any atom is -0.497 e. The molecule has 1 N–H and O–H groups in total. The number of ether oxygens (including phenoxy) is 1. The van der Waals surface area contributed by atoms with Crippen LogP contribution in [0.2, 0.25) is 0 Å². The predicted molar refractivity (Wildman–Crippen MR) is 126 cm³/mol. The summed E-state index contributed by atoms with van der Waals surface area (Å²) in [6.45, 7) is 2.05. The van der Waals surface area contributed by atoms with E-state index in [2.05, 4.69) is 33.1 Å². The van der Waals surface area contributed by atoms with Crippen molar-refractivity contribution < 1.29 is 9.53 Å². The minimum atomic E-state index is -0.0365. The van der Waals surface area contributed by atoms with Gasteiger partial charge < -0.3 is 10.1 Å². The van der Waals surface area contributed by atoms with Crippen LogP contribution in [-0.4, -0.2) is 27.4 Å². The van der Waals surface area contributed by atoms with Gasteiger partial charge in [0, 0.05) is 29.3 Å². The molecule has 5 aromatic rings. The van der Waals surface area contributed by atoms with Crippen LogP contribution in [0.3, 0.4) is 0 Å². The Morgan fingerprint density at radius 1 is 1.16 bits per heavy atom. The number of benzene rings is 2. The molecule has 0 fully saturated rings. The summed E-state index contributed by atoms with van der Waals surface area (Å²) in [6, 6.07) is 14.0. The van der Waals surface area contributed by atoms with Gasteiger partial charge in [0.25, 0.3) is 0 Å². The Balaban J connectivity index is 1.27. The smallest absolute Gasteiger partial charge is 0.226 e. The summed E-state index contributed by atoms with van der Waals surface area (Å²) < 4.78 is 8.37. The molecule has 3 heterocycles. The van der Waals surface area contributed by atoms with E-state index in [0.29, 0.717) is 18.0 Å². The third kappa shape index (κ3) is 4.04. The van der Waals surface area contributed by atoms with Gasteiger partial charge in [-0.15, -0.1) is 11.3 Å². The van der Waals surface area contributed by atoms with Crippen molar-refractivity contribution in [2.75, 3.05) is 12.4 Å². The van der Waals surface area contributed by atoms with Gasteiger partial charge >= 0.3 is 0 Å². The lowest BCUT2D eigenvalue weighted by Gasteiger charge is -2.02. The summed E-state index contributed by atoms with van der Waals surface area (Å²) in [5.41, 5.74) is 5.11. The number of nitrogens with one attached hydrogen (secondary N) is 1. The van der Waals surface area contributed by atoms with Crippen LogP contribution in [0.15, 0.2) is 54.0 Å². The summed E-state index contributed by atoms with van der Waals surface area (Å²) in [5, 5.41) is 5.65. The fourth-order valence-corrected chi connectivity index (χ4v) is 5.31. The molecule has 0 aliphatic heterocycles. The van der Waals surface area contributed by atoms with Crippen molar-refractivity contribution in [3.05, 3.63) is 65.3 Å².